The van der Waals surface area contributed by atoms with Gasteiger partial charge >= 0.3 is 0 Å². The second-order valence-electron chi connectivity index (χ2n) is 7.81. The molecule has 2 aromatic carbocycles. The van der Waals surface area contributed by atoms with Gasteiger partial charge in [0, 0.05) is 13.1 Å². The van der Waals surface area contributed by atoms with Gasteiger partial charge in [-0.2, -0.15) is 0 Å². The Labute approximate surface area is 175 Å². The Morgan fingerprint density at radius 2 is 1.50 bits per heavy atom. The molecule has 3 fully saturated rings. The first-order valence-electron chi connectivity index (χ1n) is 10.4. The number of rotatable bonds is 5. The molecule has 7 nitrogen and oxygen atoms in total. The zero-order chi connectivity index (χ0) is 20.8. The fraction of sp³-hybridized carbons (Fsp3) is 0.391. The molecule has 2 aromatic rings. The van der Waals surface area contributed by atoms with Gasteiger partial charge in [0.1, 0.15) is 17.5 Å². The van der Waals surface area contributed by atoms with Gasteiger partial charge in [0.2, 0.25) is 5.91 Å². The van der Waals surface area contributed by atoms with Crippen LogP contribution in [0.3, 0.4) is 0 Å². The number of methoxy groups -OCH3 is 1. The van der Waals surface area contributed by atoms with Crippen molar-refractivity contribution in [1.82, 2.24) is 10.0 Å². The molecule has 0 aliphatic carbocycles. The maximum Gasteiger partial charge on any atom is 0.253 e. The number of amides is 2. The molecule has 0 aromatic heterocycles. The van der Waals surface area contributed by atoms with Crippen molar-refractivity contribution in [3.05, 3.63) is 54.1 Å². The number of benzene rings is 2. The third-order valence-electron chi connectivity index (χ3n) is 6.27. The number of hydrogen-bond donors (Lipinski definition) is 0. The van der Waals surface area contributed by atoms with E-state index in [0.717, 1.165) is 36.6 Å². The summed E-state index contributed by atoms with van der Waals surface area (Å²) in [7, 11) is 1.64. The SMILES string of the molecule is CCOc1ccc(N2C(=O)C3C(C2=O)N2CCCN2C3c2ccc(OC)cc2)cc1. The van der Waals surface area contributed by atoms with Crippen LogP contribution in [-0.2, 0) is 9.59 Å². The van der Waals surface area contributed by atoms with Crippen molar-refractivity contribution in [3.63, 3.8) is 0 Å². The van der Waals surface area contributed by atoms with Crippen molar-refractivity contribution in [2.24, 2.45) is 5.92 Å². The number of carbonyl (C=O) groups excluding carboxylic acids is 2. The highest BCUT2D eigenvalue weighted by Crippen LogP contribution is 2.49. The quantitative estimate of drug-likeness (QED) is 0.710. The number of fused-ring (bicyclic) bond motifs is 3. The molecule has 3 unspecified atom stereocenters. The van der Waals surface area contributed by atoms with Crippen LogP contribution in [0.15, 0.2) is 48.5 Å². The fourth-order valence-corrected chi connectivity index (χ4v) is 5.03. The molecule has 156 valence electrons. The average molecular weight is 407 g/mol. The average Bonchev–Trinajstić information content (AvgIpc) is 3.41. The summed E-state index contributed by atoms with van der Waals surface area (Å²) in [5.74, 6) is 0.804. The summed E-state index contributed by atoms with van der Waals surface area (Å²) in [5.41, 5.74) is 1.63. The monoisotopic (exact) mass is 407 g/mol. The molecule has 3 aliphatic heterocycles. The van der Waals surface area contributed by atoms with Gasteiger partial charge in [-0.25, -0.2) is 14.9 Å². The van der Waals surface area contributed by atoms with Gasteiger partial charge in [-0.05, 0) is 55.3 Å². The predicted octanol–water partition coefficient (Wildman–Crippen LogP) is 2.63. The number of nitrogens with zero attached hydrogens (tertiary/aromatic N) is 3. The van der Waals surface area contributed by atoms with E-state index in [2.05, 4.69) is 10.0 Å². The third-order valence-corrected chi connectivity index (χ3v) is 6.27. The minimum absolute atomic E-state index is 0.135. The third kappa shape index (κ3) is 2.80. The van der Waals surface area contributed by atoms with Crippen LogP contribution in [0.1, 0.15) is 24.9 Å². The number of carbonyl (C=O) groups is 2. The lowest BCUT2D eigenvalue weighted by Gasteiger charge is -2.29. The molecule has 0 bridgehead atoms. The van der Waals surface area contributed by atoms with Gasteiger partial charge in [-0.1, -0.05) is 12.1 Å². The van der Waals surface area contributed by atoms with E-state index in [9.17, 15) is 9.59 Å². The summed E-state index contributed by atoms with van der Waals surface area (Å²) in [6, 6.07) is 14.4. The first kappa shape index (κ1) is 19.1. The number of hydrogen-bond acceptors (Lipinski definition) is 6. The van der Waals surface area contributed by atoms with E-state index < -0.39 is 12.0 Å². The Morgan fingerprint density at radius 3 is 2.13 bits per heavy atom. The molecule has 5 rings (SSSR count). The van der Waals surface area contributed by atoms with Crippen LogP contribution in [0.4, 0.5) is 5.69 Å². The van der Waals surface area contributed by atoms with E-state index in [4.69, 9.17) is 9.47 Å². The second kappa shape index (κ2) is 7.41. The molecule has 0 radical (unpaired) electrons. The van der Waals surface area contributed by atoms with Crippen molar-refractivity contribution in [3.8, 4) is 11.5 Å². The minimum atomic E-state index is -0.446. The van der Waals surface area contributed by atoms with Crippen molar-refractivity contribution in [1.29, 1.82) is 0 Å². The van der Waals surface area contributed by atoms with Gasteiger partial charge in [0.15, 0.2) is 0 Å². The zero-order valence-electron chi connectivity index (χ0n) is 17.2. The van der Waals surface area contributed by atoms with Crippen LogP contribution in [0.2, 0.25) is 0 Å². The maximum atomic E-state index is 13.5. The first-order chi connectivity index (χ1) is 14.6. The van der Waals surface area contributed by atoms with Crippen LogP contribution >= 0.6 is 0 Å². The van der Waals surface area contributed by atoms with E-state index in [-0.39, 0.29) is 17.9 Å². The first-order valence-corrected chi connectivity index (χ1v) is 10.4. The molecule has 3 aliphatic rings. The van der Waals surface area contributed by atoms with E-state index in [1.165, 1.54) is 4.90 Å². The lowest BCUT2D eigenvalue weighted by atomic mass is 9.90. The summed E-state index contributed by atoms with van der Waals surface area (Å²) in [6.45, 7) is 4.14. The van der Waals surface area contributed by atoms with Crippen molar-refractivity contribution in [2.45, 2.75) is 25.4 Å². The Morgan fingerprint density at radius 1 is 0.867 bits per heavy atom. The Kier molecular flexibility index (Phi) is 4.72. The number of imide groups is 1. The van der Waals surface area contributed by atoms with Gasteiger partial charge in [0.05, 0.1) is 31.4 Å². The molecule has 30 heavy (non-hydrogen) atoms. The molecule has 0 spiro atoms. The van der Waals surface area contributed by atoms with E-state index in [1.807, 2.05) is 31.2 Å². The smallest absolute Gasteiger partial charge is 0.253 e. The molecule has 2 amide bonds. The number of anilines is 1. The maximum absolute atomic E-state index is 13.5. The molecule has 0 N–H and O–H groups in total. The number of hydrazine groups is 1. The molecular formula is C23H25N3O4. The summed E-state index contributed by atoms with van der Waals surface area (Å²) in [5, 5.41) is 4.32. The highest BCUT2D eigenvalue weighted by Gasteiger charge is 2.62. The topological polar surface area (TPSA) is 62.3 Å². The molecular weight excluding hydrogens is 382 g/mol. The normalized spacial score (nSPS) is 26.2. The highest BCUT2D eigenvalue weighted by atomic mass is 16.5. The van der Waals surface area contributed by atoms with Crippen LogP contribution in [0, 0.1) is 5.92 Å². The summed E-state index contributed by atoms with van der Waals surface area (Å²) < 4.78 is 10.8. The predicted molar refractivity (Wildman–Crippen MR) is 111 cm³/mol. The summed E-state index contributed by atoms with van der Waals surface area (Å²) >= 11 is 0. The molecule has 7 heteroatoms. The van der Waals surface area contributed by atoms with Crippen LogP contribution in [0.5, 0.6) is 11.5 Å². The van der Waals surface area contributed by atoms with Crippen LogP contribution in [-0.4, -0.2) is 54.7 Å². The minimum Gasteiger partial charge on any atom is -0.497 e. The number of ether oxygens (including phenoxy) is 2. The van der Waals surface area contributed by atoms with Gasteiger partial charge in [0.25, 0.3) is 5.91 Å². The standard InChI is InChI=1S/C23H25N3O4/c1-3-30-18-11-7-16(8-12-18)26-22(27)19-20(15-5-9-17(29-2)10-6-15)24-13-4-14-25(24)21(19)23(26)28/h5-12,19-21H,3-4,13-14H2,1-2H3. The van der Waals surface area contributed by atoms with E-state index in [0.29, 0.717) is 12.3 Å². The van der Waals surface area contributed by atoms with Crippen molar-refractivity contribution in [2.75, 3.05) is 31.7 Å². The van der Waals surface area contributed by atoms with Gasteiger partial charge < -0.3 is 9.47 Å². The largest absolute Gasteiger partial charge is 0.497 e. The second-order valence-corrected chi connectivity index (χ2v) is 7.81. The van der Waals surface area contributed by atoms with Crippen LogP contribution in [0.25, 0.3) is 0 Å². The van der Waals surface area contributed by atoms with Crippen molar-refractivity contribution < 1.29 is 19.1 Å². The van der Waals surface area contributed by atoms with Crippen molar-refractivity contribution >= 4 is 17.5 Å². The summed E-state index contributed by atoms with van der Waals surface area (Å²) in [4.78, 5) is 28.3. The molecule has 3 atom stereocenters. The van der Waals surface area contributed by atoms with Gasteiger partial charge in [-0.15, -0.1) is 0 Å². The Balaban J connectivity index is 1.50. The molecule has 3 saturated heterocycles. The molecule has 3 heterocycles. The fourth-order valence-electron chi connectivity index (χ4n) is 5.03. The Hall–Kier alpha value is -2.90. The summed E-state index contributed by atoms with van der Waals surface area (Å²) in [6.07, 6.45) is 0.987. The van der Waals surface area contributed by atoms with Gasteiger partial charge in [-0.3, -0.25) is 9.59 Å². The highest BCUT2D eigenvalue weighted by molar-refractivity contribution is 6.24. The Bertz CT molecular complexity index is 959. The van der Waals surface area contributed by atoms with E-state index in [1.54, 1.807) is 31.4 Å². The van der Waals surface area contributed by atoms with E-state index >= 15 is 0 Å². The lowest BCUT2D eigenvalue weighted by Crippen LogP contribution is -2.44. The zero-order valence-corrected chi connectivity index (χ0v) is 17.2. The van der Waals surface area contributed by atoms with Crippen LogP contribution < -0.4 is 14.4 Å². The molecule has 0 saturated carbocycles. The lowest BCUT2D eigenvalue weighted by molar-refractivity contribution is -0.126.